The molecule has 0 saturated carbocycles. The number of rotatable bonds is 4. The SMILES string of the molecule is O=c1oc(Nc2ccc([N+](=O)[O-])cc2)nc2cc([N+](=O)[O-])ccc12. The highest BCUT2D eigenvalue weighted by atomic mass is 16.6. The Morgan fingerprint density at radius 3 is 2.21 bits per heavy atom. The van der Waals surface area contributed by atoms with Crippen molar-refractivity contribution in [2.24, 2.45) is 0 Å². The van der Waals surface area contributed by atoms with Gasteiger partial charge in [-0.1, -0.05) is 0 Å². The lowest BCUT2D eigenvalue weighted by atomic mass is 10.2. The molecule has 0 aliphatic carbocycles. The van der Waals surface area contributed by atoms with Gasteiger partial charge in [0.05, 0.1) is 20.7 Å². The molecule has 1 heterocycles. The van der Waals surface area contributed by atoms with E-state index in [1.165, 1.54) is 36.4 Å². The fourth-order valence-corrected chi connectivity index (χ4v) is 2.02. The van der Waals surface area contributed by atoms with Crippen molar-refractivity contribution in [2.45, 2.75) is 0 Å². The maximum absolute atomic E-state index is 11.9. The Bertz CT molecular complexity index is 1010. The average molecular weight is 328 g/mol. The van der Waals surface area contributed by atoms with Crippen molar-refractivity contribution < 1.29 is 14.3 Å². The van der Waals surface area contributed by atoms with Crippen LogP contribution in [0.1, 0.15) is 0 Å². The lowest BCUT2D eigenvalue weighted by molar-refractivity contribution is -0.385. The number of benzene rings is 2. The van der Waals surface area contributed by atoms with E-state index in [9.17, 15) is 25.0 Å². The van der Waals surface area contributed by atoms with Crippen LogP contribution in [0, 0.1) is 20.2 Å². The molecule has 0 amide bonds. The van der Waals surface area contributed by atoms with Crippen LogP contribution in [0.4, 0.5) is 23.1 Å². The Hall–Kier alpha value is -3.82. The zero-order valence-corrected chi connectivity index (χ0v) is 11.8. The topological polar surface area (TPSA) is 141 Å². The Morgan fingerprint density at radius 1 is 0.958 bits per heavy atom. The van der Waals surface area contributed by atoms with Crippen LogP contribution < -0.4 is 10.9 Å². The summed E-state index contributed by atoms with van der Waals surface area (Å²) in [6.07, 6.45) is 0. The number of aromatic nitrogens is 1. The molecule has 0 radical (unpaired) electrons. The van der Waals surface area contributed by atoms with E-state index in [0.29, 0.717) is 5.69 Å². The largest absolute Gasteiger partial charge is 0.388 e. The van der Waals surface area contributed by atoms with Crippen molar-refractivity contribution in [1.29, 1.82) is 0 Å². The molecule has 0 atom stereocenters. The molecule has 0 aliphatic heterocycles. The normalized spacial score (nSPS) is 10.5. The van der Waals surface area contributed by atoms with Gasteiger partial charge in [-0.2, -0.15) is 4.98 Å². The summed E-state index contributed by atoms with van der Waals surface area (Å²) in [5, 5.41) is 24.2. The van der Waals surface area contributed by atoms with Crippen molar-refractivity contribution in [1.82, 2.24) is 4.98 Å². The zero-order chi connectivity index (χ0) is 17.3. The van der Waals surface area contributed by atoms with E-state index in [2.05, 4.69) is 10.3 Å². The van der Waals surface area contributed by atoms with E-state index in [1.54, 1.807) is 0 Å². The molecule has 120 valence electrons. The summed E-state index contributed by atoms with van der Waals surface area (Å²) in [4.78, 5) is 36.2. The van der Waals surface area contributed by atoms with Crippen molar-refractivity contribution in [2.75, 3.05) is 5.32 Å². The molecule has 0 fully saturated rings. The maximum Gasteiger partial charge on any atom is 0.348 e. The van der Waals surface area contributed by atoms with Gasteiger partial charge in [0.1, 0.15) is 0 Å². The van der Waals surface area contributed by atoms with Gasteiger partial charge in [0.2, 0.25) is 0 Å². The van der Waals surface area contributed by atoms with Gasteiger partial charge in [-0.25, -0.2) is 4.79 Å². The van der Waals surface area contributed by atoms with Crippen molar-refractivity contribution in [3.8, 4) is 0 Å². The zero-order valence-electron chi connectivity index (χ0n) is 11.8. The minimum atomic E-state index is -0.709. The first kappa shape index (κ1) is 15.1. The van der Waals surface area contributed by atoms with Crippen molar-refractivity contribution in [3.63, 3.8) is 0 Å². The van der Waals surface area contributed by atoms with E-state index in [4.69, 9.17) is 4.42 Å². The van der Waals surface area contributed by atoms with Gasteiger partial charge in [-0.05, 0) is 18.2 Å². The monoisotopic (exact) mass is 328 g/mol. The van der Waals surface area contributed by atoms with Gasteiger partial charge in [0.25, 0.3) is 11.4 Å². The number of hydrogen-bond acceptors (Lipinski definition) is 8. The molecule has 3 aromatic rings. The van der Waals surface area contributed by atoms with E-state index in [1.807, 2.05) is 0 Å². The first-order valence-electron chi connectivity index (χ1n) is 6.55. The Morgan fingerprint density at radius 2 is 1.58 bits per heavy atom. The molecule has 1 N–H and O–H groups in total. The molecule has 24 heavy (non-hydrogen) atoms. The molecule has 10 heteroatoms. The van der Waals surface area contributed by atoms with Crippen LogP contribution in [0.15, 0.2) is 51.7 Å². The second-order valence-corrected chi connectivity index (χ2v) is 4.69. The highest BCUT2D eigenvalue weighted by Gasteiger charge is 2.12. The van der Waals surface area contributed by atoms with Crippen molar-refractivity contribution in [3.05, 3.63) is 73.1 Å². The number of nitro benzene ring substituents is 2. The number of fused-ring (bicyclic) bond motifs is 1. The molecule has 0 saturated heterocycles. The molecule has 2 aromatic carbocycles. The summed E-state index contributed by atoms with van der Waals surface area (Å²) >= 11 is 0. The van der Waals surface area contributed by atoms with Gasteiger partial charge in [0, 0.05) is 30.0 Å². The van der Waals surface area contributed by atoms with Crippen LogP contribution in [0.25, 0.3) is 10.9 Å². The summed E-state index contributed by atoms with van der Waals surface area (Å²) in [5.41, 5.74) is -0.504. The fourth-order valence-electron chi connectivity index (χ4n) is 2.02. The summed E-state index contributed by atoms with van der Waals surface area (Å²) in [6, 6.07) is 8.80. The molecule has 3 rings (SSSR count). The molecule has 10 nitrogen and oxygen atoms in total. The maximum atomic E-state index is 11.9. The fraction of sp³-hybridized carbons (Fsp3) is 0. The van der Waals surface area contributed by atoms with Gasteiger partial charge >= 0.3 is 11.6 Å². The minimum Gasteiger partial charge on any atom is -0.388 e. The molecule has 0 aliphatic rings. The second-order valence-electron chi connectivity index (χ2n) is 4.69. The van der Waals surface area contributed by atoms with E-state index < -0.39 is 15.5 Å². The second kappa shape index (κ2) is 5.76. The highest BCUT2D eigenvalue weighted by Crippen LogP contribution is 2.21. The molecule has 0 bridgehead atoms. The minimum absolute atomic E-state index is 0.0934. The van der Waals surface area contributed by atoms with Crippen LogP contribution >= 0.6 is 0 Å². The van der Waals surface area contributed by atoms with Gasteiger partial charge in [0.15, 0.2) is 0 Å². The Kier molecular flexibility index (Phi) is 3.62. The Balaban J connectivity index is 1.98. The molecular formula is C14H8N4O6. The molecule has 0 spiro atoms. The summed E-state index contributed by atoms with van der Waals surface area (Å²) in [7, 11) is 0. The van der Waals surface area contributed by atoms with Crippen molar-refractivity contribution >= 4 is 34.0 Å². The number of anilines is 2. The average Bonchev–Trinajstić information content (AvgIpc) is 2.54. The third-order valence-electron chi connectivity index (χ3n) is 3.15. The van der Waals surface area contributed by atoms with Crippen LogP contribution in [0.5, 0.6) is 0 Å². The smallest absolute Gasteiger partial charge is 0.348 e. The number of nitrogens with one attached hydrogen (secondary N) is 1. The van der Waals surface area contributed by atoms with E-state index in [0.717, 1.165) is 6.07 Å². The third-order valence-corrected chi connectivity index (χ3v) is 3.15. The molecule has 1 aromatic heterocycles. The van der Waals surface area contributed by atoms with E-state index in [-0.39, 0.29) is 28.3 Å². The predicted octanol–water partition coefficient (Wildman–Crippen LogP) is 2.75. The summed E-state index contributed by atoms with van der Waals surface area (Å²) < 4.78 is 4.99. The molecular weight excluding hydrogens is 320 g/mol. The first-order valence-corrected chi connectivity index (χ1v) is 6.55. The summed E-state index contributed by atoms with van der Waals surface area (Å²) in [6.45, 7) is 0. The van der Waals surface area contributed by atoms with Crippen LogP contribution in [-0.4, -0.2) is 14.8 Å². The highest BCUT2D eigenvalue weighted by molar-refractivity contribution is 5.80. The number of nitrogens with zero attached hydrogens (tertiary/aromatic N) is 3. The number of non-ortho nitro benzene ring substituents is 2. The lowest BCUT2D eigenvalue weighted by Crippen LogP contribution is -2.05. The number of hydrogen-bond donors (Lipinski definition) is 1. The van der Waals surface area contributed by atoms with Crippen LogP contribution in [0.3, 0.4) is 0 Å². The Labute approximate surface area is 132 Å². The predicted molar refractivity (Wildman–Crippen MR) is 83.3 cm³/mol. The molecule has 0 unspecified atom stereocenters. The quantitative estimate of drug-likeness (QED) is 0.569. The third kappa shape index (κ3) is 2.88. The lowest BCUT2D eigenvalue weighted by Gasteiger charge is -2.04. The van der Waals surface area contributed by atoms with Gasteiger partial charge in [-0.15, -0.1) is 0 Å². The van der Waals surface area contributed by atoms with E-state index >= 15 is 0 Å². The first-order chi connectivity index (χ1) is 11.4. The number of nitro groups is 2. The van der Waals surface area contributed by atoms with Crippen LogP contribution in [0.2, 0.25) is 0 Å². The standard InChI is InChI=1S/C14H8N4O6/c19-13-11-6-5-10(18(22)23)7-12(11)16-14(24-13)15-8-1-3-9(4-2-8)17(20)21/h1-7H,(H,15,16). The van der Waals surface area contributed by atoms with Crippen LogP contribution in [-0.2, 0) is 0 Å². The van der Waals surface area contributed by atoms with Gasteiger partial charge in [-0.3, -0.25) is 20.2 Å². The van der Waals surface area contributed by atoms with Gasteiger partial charge < -0.3 is 9.73 Å². The summed E-state index contributed by atoms with van der Waals surface area (Å²) in [5.74, 6) is 0.